The van der Waals surface area contributed by atoms with Gasteiger partial charge in [0.1, 0.15) is 6.54 Å². The predicted molar refractivity (Wildman–Crippen MR) is 140 cm³/mol. The van der Waals surface area contributed by atoms with Gasteiger partial charge in [-0.3, -0.25) is 14.2 Å². The lowest BCUT2D eigenvalue weighted by Gasteiger charge is -2.20. The molecule has 0 aliphatic carbocycles. The van der Waals surface area contributed by atoms with Crippen LogP contribution in [0, 0.1) is 0 Å². The summed E-state index contributed by atoms with van der Waals surface area (Å²) in [7, 11) is 4.02. The third-order valence-electron chi connectivity index (χ3n) is 6.36. The number of hydrogen-bond donors (Lipinski definition) is 2. The molecule has 0 saturated heterocycles. The number of benzene rings is 3. The summed E-state index contributed by atoms with van der Waals surface area (Å²) in [6, 6.07) is 23.7. The largest absolute Gasteiger partial charge is 0.378 e. The molecule has 0 fully saturated rings. The van der Waals surface area contributed by atoms with E-state index in [1.807, 2.05) is 44.6 Å². The first-order chi connectivity index (χ1) is 17.0. The normalized spacial score (nSPS) is 12.1. The maximum absolute atomic E-state index is 12.9. The Morgan fingerprint density at radius 2 is 1.71 bits per heavy atom. The molecule has 5 aromatic rings. The summed E-state index contributed by atoms with van der Waals surface area (Å²) >= 11 is 0. The van der Waals surface area contributed by atoms with Crippen molar-refractivity contribution in [2.24, 2.45) is 0 Å². The Hall–Kier alpha value is -4.39. The zero-order valence-electron chi connectivity index (χ0n) is 19.7. The van der Waals surface area contributed by atoms with E-state index in [0.29, 0.717) is 17.4 Å². The van der Waals surface area contributed by atoms with Crippen molar-refractivity contribution in [1.82, 2.24) is 19.9 Å². The van der Waals surface area contributed by atoms with Crippen LogP contribution < -0.4 is 15.8 Å². The van der Waals surface area contributed by atoms with Crippen LogP contribution in [0.4, 0.5) is 5.69 Å². The van der Waals surface area contributed by atoms with Crippen molar-refractivity contribution in [3.05, 3.63) is 107 Å². The van der Waals surface area contributed by atoms with Gasteiger partial charge in [-0.1, -0.05) is 42.5 Å². The van der Waals surface area contributed by atoms with E-state index in [-0.39, 0.29) is 23.9 Å². The summed E-state index contributed by atoms with van der Waals surface area (Å²) in [5, 5.41) is 4.67. The number of nitrogens with zero attached hydrogens (tertiary/aromatic N) is 3. The Morgan fingerprint density at radius 3 is 2.49 bits per heavy atom. The fraction of sp³-hybridized carbons (Fsp3) is 0.179. The lowest BCUT2D eigenvalue weighted by molar-refractivity contribution is -0.121. The average Bonchev–Trinajstić information content (AvgIpc) is 3.30. The van der Waals surface area contributed by atoms with Crippen LogP contribution in [0.15, 0.2) is 90.1 Å². The molecule has 0 radical (unpaired) electrons. The molecule has 2 aromatic heterocycles. The fourth-order valence-electron chi connectivity index (χ4n) is 4.44. The average molecular weight is 466 g/mol. The van der Waals surface area contributed by atoms with E-state index in [0.717, 1.165) is 27.7 Å². The van der Waals surface area contributed by atoms with Crippen LogP contribution in [-0.2, 0) is 11.3 Å². The van der Waals surface area contributed by atoms with Gasteiger partial charge in [0, 0.05) is 49.3 Å². The summed E-state index contributed by atoms with van der Waals surface area (Å²) in [5.41, 5.74) is 4.78. The molecule has 0 bridgehead atoms. The smallest absolute Gasteiger partial charge is 0.261 e. The molecule has 176 valence electrons. The lowest BCUT2D eigenvalue weighted by Crippen LogP contribution is -2.35. The molecular weight excluding hydrogens is 438 g/mol. The van der Waals surface area contributed by atoms with Gasteiger partial charge in [-0.2, -0.15) is 0 Å². The van der Waals surface area contributed by atoms with E-state index in [1.165, 1.54) is 10.9 Å². The molecule has 1 unspecified atom stereocenters. The van der Waals surface area contributed by atoms with Crippen molar-refractivity contribution in [3.63, 3.8) is 0 Å². The summed E-state index contributed by atoms with van der Waals surface area (Å²) in [4.78, 5) is 35.4. The number of fused-ring (bicyclic) bond motifs is 2. The topological polar surface area (TPSA) is 83.0 Å². The van der Waals surface area contributed by atoms with Crippen LogP contribution in [0.5, 0.6) is 0 Å². The summed E-state index contributed by atoms with van der Waals surface area (Å²) in [6.07, 6.45) is 3.44. The molecule has 3 aromatic carbocycles. The predicted octanol–water partition coefficient (Wildman–Crippen LogP) is 3.89. The molecule has 1 atom stereocenters. The maximum atomic E-state index is 12.9. The summed E-state index contributed by atoms with van der Waals surface area (Å²) in [5.74, 6) is -0.295. The number of carbonyl (C=O) groups excluding carboxylic acids is 1. The Balaban J connectivity index is 1.40. The second kappa shape index (κ2) is 9.46. The molecule has 35 heavy (non-hydrogen) atoms. The van der Waals surface area contributed by atoms with Gasteiger partial charge in [0.15, 0.2) is 0 Å². The van der Waals surface area contributed by atoms with Gasteiger partial charge in [-0.15, -0.1) is 0 Å². The first-order valence-electron chi connectivity index (χ1n) is 11.6. The monoisotopic (exact) mass is 465 g/mol. The highest BCUT2D eigenvalue weighted by Crippen LogP contribution is 2.31. The molecule has 0 aliphatic rings. The molecule has 0 spiro atoms. The first kappa shape index (κ1) is 22.4. The second-order valence-electron chi connectivity index (χ2n) is 8.83. The van der Waals surface area contributed by atoms with Gasteiger partial charge >= 0.3 is 0 Å². The zero-order chi connectivity index (χ0) is 24.4. The molecule has 2 N–H and O–H groups in total. The minimum Gasteiger partial charge on any atom is -0.378 e. The highest BCUT2D eigenvalue weighted by Gasteiger charge is 2.20. The number of nitrogens with one attached hydrogen (secondary N) is 2. The molecule has 7 heteroatoms. The van der Waals surface area contributed by atoms with Gasteiger partial charge in [0.25, 0.3) is 5.56 Å². The molecule has 0 saturated carbocycles. The van der Waals surface area contributed by atoms with E-state index < -0.39 is 0 Å². The molecule has 7 nitrogen and oxygen atoms in total. The molecule has 2 heterocycles. The van der Waals surface area contributed by atoms with Gasteiger partial charge in [-0.25, -0.2) is 4.98 Å². The molecular formula is C28H27N5O2. The number of carbonyl (C=O) groups is 1. The Bertz CT molecular complexity index is 1550. The second-order valence-corrected chi connectivity index (χ2v) is 8.83. The van der Waals surface area contributed by atoms with Crippen LogP contribution in [-0.4, -0.2) is 41.1 Å². The highest BCUT2D eigenvalue weighted by molar-refractivity contribution is 5.84. The van der Waals surface area contributed by atoms with Gasteiger partial charge in [0.2, 0.25) is 5.91 Å². The number of aromatic nitrogens is 3. The molecule has 1 amide bonds. The quantitative estimate of drug-likeness (QED) is 0.382. The van der Waals surface area contributed by atoms with Crippen molar-refractivity contribution in [3.8, 4) is 0 Å². The minimum absolute atomic E-state index is 0.0576. The third kappa shape index (κ3) is 4.53. The molecule has 5 rings (SSSR count). The van der Waals surface area contributed by atoms with Gasteiger partial charge < -0.3 is 15.2 Å². The van der Waals surface area contributed by atoms with E-state index in [1.54, 1.807) is 18.2 Å². The highest BCUT2D eigenvalue weighted by atomic mass is 16.2. The number of aromatic amines is 1. The Kier molecular flexibility index (Phi) is 6.06. The minimum atomic E-state index is -0.237. The summed E-state index contributed by atoms with van der Waals surface area (Å²) < 4.78 is 1.35. The number of para-hydroxylation sites is 2. The van der Waals surface area contributed by atoms with E-state index in [9.17, 15) is 9.59 Å². The zero-order valence-corrected chi connectivity index (χ0v) is 19.7. The SMILES string of the molecule is CN(C)c1ccc(C(CNC(=O)Cn2cnc3ccccc3c2=O)c2c[nH]c3ccccc23)cc1. The van der Waals surface area contributed by atoms with Crippen LogP contribution in [0.25, 0.3) is 21.8 Å². The number of rotatable bonds is 7. The first-order valence-corrected chi connectivity index (χ1v) is 11.6. The van der Waals surface area contributed by atoms with Crippen molar-refractivity contribution < 1.29 is 4.79 Å². The number of hydrogen-bond acceptors (Lipinski definition) is 4. The Morgan fingerprint density at radius 1 is 1.00 bits per heavy atom. The standard InChI is InChI=1S/C28H27N5O2/c1-32(2)20-13-11-19(12-14-20)23(24-16-29-25-9-5-3-7-21(24)25)15-30-27(34)17-33-18-31-26-10-6-4-8-22(26)28(33)35/h3-14,16,18,23,29H,15,17H2,1-2H3,(H,30,34). The summed E-state index contributed by atoms with van der Waals surface area (Å²) in [6.45, 7) is 0.314. The van der Waals surface area contributed by atoms with Crippen molar-refractivity contribution in [2.75, 3.05) is 25.5 Å². The van der Waals surface area contributed by atoms with Gasteiger partial charge in [-0.05, 0) is 41.5 Å². The van der Waals surface area contributed by atoms with Crippen molar-refractivity contribution in [1.29, 1.82) is 0 Å². The van der Waals surface area contributed by atoms with E-state index >= 15 is 0 Å². The fourth-order valence-corrected chi connectivity index (χ4v) is 4.44. The maximum Gasteiger partial charge on any atom is 0.261 e. The number of H-pyrrole nitrogens is 1. The van der Waals surface area contributed by atoms with E-state index in [4.69, 9.17) is 0 Å². The van der Waals surface area contributed by atoms with E-state index in [2.05, 4.69) is 50.5 Å². The van der Waals surface area contributed by atoms with Crippen molar-refractivity contribution in [2.45, 2.75) is 12.5 Å². The van der Waals surface area contributed by atoms with Crippen molar-refractivity contribution >= 4 is 33.4 Å². The van der Waals surface area contributed by atoms with Gasteiger partial charge in [0.05, 0.1) is 17.2 Å². The third-order valence-corrected chi connectivity index (χ3v) is 6.36. The van der Waals surface area contributed by atoms with Crippen LogP contribution in [0.2, 0.25) is 0 Å². The Labute approximate surface area is 203 Å². The number of anilines is 1. The molecule has 0 aliphatic heterocycles. The van der Waals surface area contributed by atoms with Crippen LogP contribution >= 0.6 is 0 Å². The number of amides is 1. The van der Waals surface area contributed by atoms with Crippen LogP contribution in [0.3, 0.4) is 0 Å². The lowest BCUT2D eigenvalue weighted by atomic mass is 9.90. The van der Waals surface area contributed by atoms with Crippen LogP contribution in [0.1, 0.15) is 17.0 Å².